The second-order valence-electron chi connectivity index (χ2n) is 5.98. The maximum absolute atomic E-state index is 12.4. The Morgan fingerprint density at radius 3 is 2.76 bits per heavy atom. The van der Waals surface area contributed by atoms with E-state index in [4.69, 9.17) is 0 Å². The average Bonchev–Trinajstić information content (AvgIpc) is 3.07. The van der Waals surface area contributed by atoms with Crippen LogP contribution in [0.15, 0.2) is 30.3 Å². The van der Waals surface area contributed by atoms with E-state index in [0.29, 0.717) is 18.2 Å². The molecule has 4 heteroatoms. The predicted molar refractivity (Wildman–Crippen MR) is 82.8 cm³/mol. The molecule has 4 nitrogen and oxygen atoms in total. The Bertz CT molecular complexity index is 644. The number of para-hydroxylation sites is 1. The standard InChI is InChI=1S/C17H21N3O/c1-12(2)11-18-17(21)16-14-9-6-10-15(14)20(19-16)13-7-4-3-5-8-13/h3-5,7-8,12H,6,9-11H2,1-2H3,(H,18,21). The number of rotatable bonds is 4. The predicted octanol–water partition coefficient (Wildman–Crippen LogP) is 2.75. The summed E-state index contributed by atoms with van der Waals surface area (Å²) in [6.07, 6.45) is 3.05. The van der Waals surface area contributed by atoms with Crippen LogP contribution in [0.2, 0.25) is 0 Å². The maximum atomic E-state index is 12.4. The molecule has 0 spiro atoms. The van der Waals surface area contributed by atoms with Gasteiger partial charge >= 0.3 is 0 Å². The van der Waals surface area contributed by atoms with Crippen LogP contribution in [-0.4, -0.2) is 22.2 Å². The van der Waals surface area contributed by atoms with Gasteiger partial charge in [-0.1, -0.05) is 32.0 Å². The van der Waals surface area contributed by atoms with E-state index >= 15 is 0 Å². The molecule has 21 heavy (non-hydrogen) atoms. The van der Waals surface area contributed by atoms with Crippen LogP contribution >= 0.6 is 0 Å². The van der Waals surface area contributed by atoms with Crippen molar-refractivity contribution in [3.05, 3.63) is 47.3 Å². The van der Waals surface area contributed by atoms with E-state index < -0.39 is 0 Å². The van der Waals surface area contributed by atoms with Crippen molar-refractivity contribution < 1.29 is 4.79 Å². The summed E-state index contributed by atoms with van der Waals surface area (Å²) in [5.74, 6) is 0.398. The van der Waals surface area contributed by atoms with Crippen LogP contribution < -0.4 is 5.32 Å². The number of carbonyl (C=O) groups excluding carboxylic acids is 1. The van der Waals surface area contributed by atoms with E-state index in [1.165, 1.54) is 5.69 Å². The van der Waals surface area contributed by atoms with Crippen LogP contribution in [0.3, 0.4) is 0 Å². The third-order valence-electron chi connectivity index (χ3n) is 3.82. The zero-order valence-corrected chi connectivity index (χ0v) is 12.6. The Labute approximate surface area is 125 Å². The molecule has 1 aliphatic carbocycles. The molecule has 0 atom stereocenters. The fourth-order valence-corrected chi connectivity index (χ4v) is 2.78. The number of nitrogens with zero attached hydrogens (tertiary/aromatic N) is 2. The van der Waals surface area contributed by atoms with Gasteiger partial charge < -0.3 is 5.32 Å². The van der Waals surface area contributed by atoms with E-state index in [0.717, 1.165) is 30.5 Å². The van der Waals surface area contributed by atoms with Crippen molar-refractivity contribution in [3.8, 4) is 5.69 Å². The van der Waals surface area contributed by atoms with Crippen molar-refractivity contribution in [3.63, 3.8) is 0 Å². The smallest absolute Gasteiger partial charge is 0.272 e. The quantitative estimate of drug-likeness (QED) is 0.938. The molecule has 1 amide bonds. The minimum Gasteiger partial charge on any atom is -0.350 e. The number of hydrogen-bond acceptors (Lipinski definition) is 2. The summed E-state index contributed by atoms with van der Waals surface area (Å²) >= 11 is 0. The lowest BCUT2D eigenvalue weighted by Gasteiger charge is -2.07. The van der Waals surface area contributed by atoms with Gasteiger partial charge in [0.2, 0.25) is 0 Å². The largest absolute Gasteiger partial charge is 0.350 e. The number of nitrogens with one attached hydrogen (secondary N) is 1. The summed E-state index contributed by atoms with van der Waals surface area (Å²) in [5.41, 5.74) is 3.95. The highest BCUT2D eigenvalue weighted by atomic mass is 16.1. The Morgan fingerprint density at radius 2 is 2.05 bits per heavy atom. The molecular weight excluding hydrogens is 262 g/mol. The lowest BCUT2D eigenvalue weighted by molar-refractivity contribution is 0.0942. The molecular formula is C17H21N3O. The topological polar surface area (TPSA) is 46.9 Å². The number of amides is 1. The SMILES string of the molecule is CC(C)CNC(=O)c1nn(-c2ccccc2)c2c1CCC2. The van der Waals surface area contributed by atoms with Crippen molar-refractivity contribution in [2.75, 3.05) is 6.54 Å². The van der Waals surface area contributed by atoms with Gasteiger partial charge in [-0.15, -0.1) is 0 Å². The first-order valence-electron chi connectivity index (χ1n) is 7.61. The molecule has 1 aromatic heterocycles. The number of carbonyl (C=O) groups is 1. The normalized spacial score (nSPS) is 13.5. The number of hydrogen-bond donors (Lipinski definition) is 1. The number of benzene rings is 1. The first-order chi connectivity index (χ1) is 10.2. The fraction of sp³-hybridized carbons (Fsp3) is 0.412. The van der Waals surface area contributed by atoms with E-state index in [2.05, 4.69) is 24.3 Å². The van der Waals surface area contributed by atoms with Gasteiger partial charge in [-0.3, -0.25) is 4.79 Å². The third-order valence-corrected chi connectivity index (χ3v) is 3.82. The molecule has 1 aromatic carbocycles. The van der Waals surface area contributed by atoms with Crippen molar-refractivity contribution in [2.45, 2.75) is 33.1 Å². The van der Waals surface area contributed by atoms with Gasteiger partial charge in [-0.2, -0.15) is 5.10 Å². The zero-order valence-electron chi connectivity index (χ0n) is 12.6. The van der Waals surface area contributed by atoms with E-state index in [-0.39, 0.29) is 5.91 Å². The molecule has 1 heterocycles. The maximum Gasteiger partial charge on any atom is 0.272 e. The molecule has 1 aliphatic rings. The highest BCUT2D eigenvalue weighted by Crippen LogP contribution is 2.27. The highest BCUT2D eigenvalue weighted by Gasteiger charge is 2.26. The molecule has 2 aromatic rings. The van der Waals surface area contributed by atoms with Crippen LogP contribution in [0.4, 0.5) is 0 Å². The van der Waals surface area contributed by atoms with Crippen molar-refractivity contribution in [1.29, 1.82) is 0 Å². The molecule has 1 N–H and O–H groups in total. The second-order valence-corrected chi connectivity index (χ2v) is 5.98. The van der Waals surface area contributed by atoms with E-state index in [1.54, 1.807) is 0 Å². The van der Waals surface area contributed by atoms with Gasteiger partial charge in [0.1, 0.15) is 0 Å². The molecule has 0 radical (unpaired) electrons. The Hall–Kier alpha value is -2.10. The third kappa shape index (κ3) is 2.71. The van der Waals surface area contributed by atoms with E-state index in [1.807, 2.05) is 35.0 Å². The van der Waals surface area contributed by atoms with Crippen LogP contribution in [-0.2, 0) is 12.8 Å². The van der Waals surface area contributed by atoms with Gasteiger partial charge in [-0.05, 0) is 37.3 Å². The van der Waals surface area contributed by atoms with Crippen molar-refractivity contribution in [1.82, 2.24) is 15.1 Å². The first-order valence-corrected chi connectivity index (χ1v) is 7.61. The van der Waals surface area contributed by atoms with E-state index in [9.17, 15) is 4.79 Å². The minimum atomic E-state index is -0.0449. The molecule has 110 valence electrons. The van der Waals surface area contributed by atoms with Crippen LogP contribution in [0, 0.1) is 5.92 Å². The highest BCUT2D eigenvalue weighted by molar-refractivity contribution is 5.94. The molecule has 0 aliphatic heterocycles. The summed E-state index contributed by atoms with van der Waals surface area (Å²) in [5, 5.41) is 7.56. The van der Waals surface area contributed by atoms with Crippen LogP contribution in [0.25, 0.3) is 5.69 Å². The van der Waals surface area contributed by atoms with Gasteiger partial charge in [0.25, 0.3) is 5.91 Å². The van der Waals surface area contributed by atoms with Gasteiger partial charge in [0, 0.05) is 17.8 Å². The first kappa shape index (κ1) is 13.9. The summed E-state index contributed by atoms with van der Waals surface area (Å²) in [6, 6.07) is 10.0. The van der Waals surface area contributed by atoms with Gasteiger partial charge in [-0.25, -0.2) is 4.68 Å². The molecule has 0 unspecified atom stereocenters. The molecule has 0 saturated heterocycles. The summed E-state index contributed by atoms with van der Waals surface area (Å²) < 4.78 is 1.94. The van der Waals surface area contributed by atoms with Crippen molar-refractivity contribution >= 4 is 5.91 Å². The Morgan fingerprint density at radius 1 is 1.29 bits per heavy atom. The average molecular weight is 283 g/mol. The van der Waals surface area contributed by atoms with Crippen LogP contribution in [0.1, 0.15) is 42.0 Å². The number of fused-ring (bicyclic) bond motifs is 1. The lowest BCUT2D eigenvalue weighted by Crippen LogP contribution is -2.28. The van der Waals surface area contributed by atoms with Gasteiger partial charge in [0.05, 0.1) is 5.69 Å². The summed E-state index contributed by atoms with van der Waals surface area (Å²) in [7, 11) is 0. The van der Waals surface area contributed by atoms with Crippen molar-refractivity contribution in [2.24, 2.45) is 5.92 Å². The fourth-order valence-electron chi connectivity index (χ4n) is 2.78. The summed E-state index contributed by atoms with van der Waals surface area (Å²) in [6.45, 7) is 4.87. The van der Waals surface area contributed by atoms with Crippen LogP contribution in [0.5, 0.6) is 0 Å². The summed E-state index contributed by atoms with van der Waals surface area (Å²) in [4.78, 5) is 12.4. The van der Waals surface area contributed by atoms with Gasteiger partial charge in [0.15, 0.2) is 5.69 Å². The Kier molecular flexibility index (Phi) is 3.78. The molecule has 0 saturated carbocycles. The zero-order chi connectivity index (χ0) is 14.8. The Balaban J connectivity index is 1.94. The monoisotopic (exact) mass is 283 g/mol. The molecule has 3 rings (SSSR count). The number of aromatic nitrogens is 2. The second kappa shape index (κ2) is 5.72. The molecule has 0 fully saturated rings. The molecule has 0 bridgehead atoms. The minimum absolute atomic E-state index is 0.0449. The lowest BCUT2D eigenvalue weighted by atomic mass is 10.1.